The van der Waals surface area contributed by atoms with Crippen LogP contribution in [-0.2, 0) is 11.3 Å². The molecule has 1 aromatic carbocycles. The zero-order chi connectivity index (χ0) is 14.7. The van der Waals surface area contributed by atoms with Gasteiger partial charge in [0.05, 0.1) is 20.6 Å². The van der Waals surface area contributed by atoms with Crippen LogP contribution in [0.15, 0.2) is 43.0 Å². The molecule has 0 atom stereocenters. The molecule has 0 spiro atoms. The first-order valence-corrected chi connectivity index (χ1v) is 6.65. The number of amides is 1. The third-order valence-electron chi connectivity index (χ3n) is 2.71. The molecule has 0 aromatic heterocycles. The van der Waals surface area contributed by atoms with Crippen molar-refractivity contribution in [1.29, 1.82) is 0 Å². The zero-order valence-corrected chi connectivity index (χ0v) is 13.8. The standard InChI is InChI=1S/C12H20N.C4H7NO.ClH/c1-4-10-13(2,3)11-12-8-6-5-7-9-12;1-3-4(6)5-2;/h5-9H,4,10-11H2,1-3H3;3H,1H2,2H3,(H,5,6);1H/q+1;;/p-1. The van der Waals surface area contributed by atoms with Crippen LogP contribution in [0.5, 0.6) is 0 Å². The van der Waals surface area contributed by atoms with Gasteiger partial charge in [-0.3, -0.25) is 4.79 Å². The third kappa shape index (κ3) is 10.6. The molecule has 0 heterocycles. The number of nitrogens with one attached hydrogen (secondary N) is 1. The molecule has 0 saturated heterocycles. The molecule has 0 radical (unpaired) electrons. The topological polar surface area (TPSA) is 29.1 Å². The molecule has 0 saturated carbocycles. The van der Waals surface area contributed by atoms with Gasteiger partial charge in [0.2, 0.25) is 5.91 Å². The van der Waals surface area contributed by atoms with E-state index in [1.807, 2.05) is 0 Å². The minimum atomic E-state index is -0.144. The van der Waals surface area contributed by atoms with Crippen molar-refractivity contribution in [3.05, 3.63) is 48.6 Å². The summed E-state index contributed by atoms with van der Waals surface area (Å²) in [5.41, 5.74) is 1.43. The molecule has 0 aliphatic rings. The molecule has 0 bridgehead atoms. The van der Waals surface area contributed by atoms with Gasteiger partial charge in [0, 0.05) is 12.6 Å². The average molecular weight is 299 g/mol. The number of benzene rings is 1. The Balaban J connectivity index is 0. The minimum absolute atomic E-state index is 0. The maximum absolute atomic E-state index is 9.95. The molecule has 1 amide bonds. The molecular formula is C16H27ClN2O. The molecule has 0 unspecified atom stereocenters. The maximum Gasteiger partial charge on any atom is 0.243 e. The quantitative estimate of drug-likeness (QED) is 0.581. The third-order valence-corrected chi connectivity index (χ3v) is 2.71. The van der Waals surface area contributed by atoms with E-state index in [9.17, 15) is 4.79 Å². The Hall–Kier alpha value is -1.32. The number of carbonyl (C=O) groups excluding carboxylic acids is 1. The van der Waals surface area contributed by atoms with Gasteiger partial charge < -0.3 is 22.2 Å². The van der Waals surface area contributed by atoms with Crippen molar-refractivity contribution >= 4 is 5.91 Å². The predicted molar refractivity (Wildman–Crippen MR) is 81.7 cm³/mol. The molecule has 3 nitrogen and oxygen atoms in total. The summed E-state index contributed by atoms with van der Waals surface area (Å²) < 4.78 is 1.08. The molecule has 114 valence electrons. The van der Waals surface area contributed by atoms with Crippen molar-refractivity contribution in [3.8, 4) is 0 Å². The summed E-state index contributed by atoms with van der Waals surface area (Å²) in [5.74, 6) is -0.144. The Bertz CT molecular complexity index is 377. The van der Waals surface area contributed by atoms with Gasteiger partial charge in [0.15, 0.2) is 0 Å². The van der Waals surface area contributed by atoms with Crippen LogP contribution in [0.1, 0.15) is 18.9 Å². The number of hydrogen-bond acceptors (Lipinski definition) is 1. The van der Waals surface area contributed by atoms with E-state index in [-0.39, 0.29) is 18.3 Å². The number of rotatable bonds is 5. The highest BCUT2D eigenvalue weighted by Gasteiger charge is 2.13. The van der Waals surface area contributed by atoms with Crippen LogP contribution in [0.3, 0.4) is 0 Å². The smallest absolute Gasteiger partial charge is 0.243 e. The van der Waals surface area contributed by atoms with Crippen LogP contribution in [-0.4, -0.2) is 38.1 Å². The van der Waals surface area contributed by atoms with Crippen LogP contribution >= 0.6 is 0 Å². The van der Waals surface area contributed by atoms with Crippen LogP contribution in [0.4, 0.5) is 0 Å². The molecule has 0 fully saturated rings. The Labute approximate surface area is 129 Å². The molecule has 20 heavy (non-hydrogen) atoms. The summed E-state index contributed by atoms with van der Waals surface area (Å²) in [4.78, 5) is 9.95. The summed E-state index contributed by atoms with van der Waals surface area (Å²) in [6.45, 7) is 7.84. The highest BCUT2D eigenvalue weighted by molar-refractivity contribution is 5.86. The number of halogens is 1. The van der Waals surface area contributed by atoms with E-state index in [0.29, 0.717) is 0 Å². The second-order valence-corrected chi connectivity index (χ2v) is 5.12. The van der Waals surface area contributed by atoms with E-state index in [1.54, 1.807) is 7.05 Å². The predicted octanol–water partition coefficient (Wildman–Crippen LogP) is -0.405. The van der Waals surface area contributed by atoms with Crippen LogP contribution < -0.4 is 17.7 Å². The number of carbonyl (C=O) groups is 1. The van der Waals surface area contributed by atoms with E-state index in [4.69, 9.17) is 0 Å². The first kappa shape index (κ1) is 21.0. The summed E-state index contributed by atoms with van der Waals surface area (Å²) >= 11 is 0. The van der Waals surface area contributed by atoms with E-state index in [2.05, 4.69) is 63.2 Å². The Morgan fingerprint density at radius 3 is 2.20 bits per heavy atom. The highest BCUT2D eigenvalue weighted by Crippen LogP contribution is 2.09. The lowest BCUT2D eigenvalue weighted by atomic mass is 10.2. The maximum atomic E-state index is 9.95. The number of likely N-dealkylation sites (N-methyl/N-ethyl adjacent to an activating group) is 1. The van der Waals surface area contributed by atoms with Gasteiger partial charge in [-0.2, -0.15) is 0 Å². The molecule has 1 aromatic rings. The van der Waals surface area contributed by atoms with Gasteiger partial charge in [-0.15, -0.1) is 0 Å². The van der Waals surface area contributed by atoms with Gasteiger partial charge in [0.1, 0.15) is 6.54 Å². The van der Waals surface area contributed by atoms with Gasteiger partial charge in [-0.25, -0.2) is 0 Å². The van der Waals surface area contributed by atoms with Crippen molar-refractivity contribution in [1.82, 2.24) is 5.32 Å². The number of hydrogen-bond donors (Lipinski definition) is 1. The Morgan fingerprint density at radius 2 is 1.85 bits per heavy atom. The Morgan fingerprint density at radius 1 is 1.30 bits per heavy atom. The lowest BCUT2D eigenvalue weighted by Crippen LogP contribution is -3.00. The van der Waals surface area contributed by atoms with Crippen molar-refractivity contribution in [2.45, 2.75) is 19.9 Å². The zero-order valence-electron chi connectivity index (χ0n) is 13.0. The van der Waals surface area contributed by atoms with Crippen LogP contribution in [0.25, 0.3) is 0 Å². The fourth-order valence-corrected chi connectivity index (χ4v) is 1.86. The van der Waals surface area contributed by atoms with Crippen molar-refractivity contribution in [2.24, 2.45) is 0 Å². The molecule has 1 N–H and O–H groups in total. The van der Waals surface area contributed by atoms with Crippen LogP contribution in [0.2, 0.25) is 0 Å². The average Bonchev–Trinajstić information content (AvgIpc) is 2.39. The van der Waals surface area contributed by atoms with Crippen molar-refractivity contribution < 1.29 is 21.7 Å². The SMILES string of the molecule is C=CC(=O)NC.CCC[N+](C)(C)Cc1ccccc1.[Cl-]. The lowest BCUT2D eigenvalue weighted by Gasteiger charge is -2.29. The number of quaternary nitrogens is 1. The molecule has 1 rings (SSSR count). The van der Waals surface area contributed by atoms with Crippen molar-refractivity contribution in [2.75, 3.05) is 27.7 Å². The first-order chi connectivity index (χ1) is 8.95. The van der Waals surface area contributed by atoms with Crippen molar-refractivity contribution in [3.63, 3.8) is 0 Å². The fraction of sp³-hybridized carbons (Fsp3) is 0.438. The largest absolute Gasteiger partial charge is 1.00 e. The molecule has 4 heteroatoms. The Kier molecular flexibility index (Phi) is 12.1. The lowest BCUT2D eigenvalue weighted by molar-refractivity contribution is -0.903. The molecule has 0 aliphatic carbocycles. The molecular weight excluding hydrogens is 272 g/mol. The highest BCUT2D eigenvalue weighted by atomic mass is 35.5. The van der Waals surface area contributed by atoms with E-state index < -0.39 is 0 Å². The monoisotopic (exact) mass is 298 g/mol. The second-order valence-electron chi connectivity index (χ2n) is 5.12. The summed E-state index contributed by atoms with van der Waals surface area (Å²) in [5, 5.41) is 2.36. The van der Waals surface area contributed by atoms with Crippen LogP contribution in [0, 0.1) is 0 Å². The van der Waals surface area contributed by atoms with Gasteiger partial charge in [-0.1, -0.05) is 43.8 Å². The van der Waals surface area contributed by atoms with Gasteiger partial charge in [0.25, 0.3) is 0 Å². The second kappa shape index (κ2) is 11.5. The van der Waals surface area contributed by atoms with E-state index >= 15 is 0 Å². The molecule has 0 aliphatic heterocycles. The van der Waals surface area contributed by atoms with Gasteiger partial charge >= 0.3 is 0 Å². The van der Waals surface area contributed by atoms with E-state index in [1.165, 1.54) is 24.6 Å². The fourth-order valence-electron chi connectivity index (χ4n) is 1.86. The normalized spacial score (nSPS) is 9.60. The van der Waals surface area contributed by atoms with E-state index in [0.717, 1.165) is 11.0 Å². The van der Waals surface area contributed by atoms with Gasteiger partial charge in [-0.05, 0) is 12.5 Å². The number of nitrogens with zero attached hydrogens (tertiary/aromatic N) is 1. The summed E-state index contributed by atoms with van der Waals surface area (Å²) in [6, 6.07) is 10.7. The summed E-state index contributed by atoms with van der Waals surface area (Å²) in [7, 11) is 6.14. The first-order valence-electron chi connectivity index (χ1n) is 6.65. The summed E-state index contributed by atoms with van der Waals surface area (Å²) in [6.07, 6.45) is 2.47. The minimum Gasteiger partial charge on any atom is -1.00 e.